The van der Waals surface area contributed by atoms with E-state index in [1.54, 1.807) is 0 Å². The Morgan fingerprint density at radius 3 is 2.66 bits per heavy atom. The number of aromatic amines is 1. The molecule has 5 nitrogen and oxygen atoms in total. The molecular weight excluding hydrogens is 401 g/mol. The molecule has 0 spiro atoms. The number of aromatic nitrogens is 3. The van der Waals surface area contributed by atoms with Crippen molar-refractivity contribution >= 4 is 38.8 Å². The van der Waals surface area contributed by atoms with Crippen molar-refractivity contribution in [3.8, 4) is 11.3 Å². The lowest BCUT2D eigenvalue weighted by Gasteiger charge is -2.06. The highest BCUT2D eigenvalue weighted by atomic mass is 32.1. The zero-order valence-corrected chi connectivity index (χ0v) is 15.5. The van der Waals surface area contributed by atoms with E-state index >= 15 is 0 Å². The third-order valence-corrected chi connectivity index (χ3v) is 5.01. The fourth-order valence-electron chi connectivity index (χ4n) is 2.70. The molecule has 0 radical (unpaired) electrons. The molecule has 0 saturated carbocycles. The molecule has 0 unspecified atom stereocenters. The predicted octanol–water partition coefficient (Wildman–Crippen LogP) is 5.36. The summed E-state index contributed by atoms with van der Waals surface area (Å²) in [6.45, 7) is 0. The topological polar surface area (TPSA) is 70.7 Å². The molecule has 0 aliphatic heterocycles. The molecule has 2 heterocycles. The Bertz CT molecular complexity index is 1200. The van der Waals surface area contributed by atoms with Crippen LogP contribution in [0.15, 0.2) is 60.7 Å². The maximum absolute atomic E-state index is 12.8. The summed E-state index contributed by atoms with van der Waals surface area (Å²) in [6.07, 6.45) is -1.94. The monoisotopic (exact) mass is 414 g/mol. The molecule has 2 aromatic carbocycles. The van der Waals surface area contributed by atoms with Crippen LogP contribution in [0, 0.1) is 0 Å². The number of anilines is 1. The van der Waals surface area contributed by atoms with E-state index in [2.05, 4.69) is 20.5 Å². The second kappa shape index (κ2) is 7.51. The summed E-state index contributed by atoms with van der Waals surface area (Å²) >= 11 is 1.26. The van der Waals surface area contributed by atoms with Crippen molar-refractivity contribution in [2.75, 3.05) is 5.32 Å². The second-order valence-corrected chi connectivity index (χ2v) is 7.08. The maximum atomic E-state index is 12.8. The summed E-state index contributed by atoms with van der Waals surface area (Å²) in [7, 11) is 0. The van der Waals surface area contributed by atoms with Crippen LogP contribution in [0.2, 0.25) is 0 Å². The van der Waals surface area contributed by atoms with Crippen molar-refractivity contribution in [2.24, 2.45) is 0 Å². The van der Waals surface area contributed by atoms with Crippen LogP contribution in [0.3, 0.4) is 0 Å². The molecule has 0 fully saturated rings. The van der Waals surface area contributed by atoms with Crippen molar-refractivity contribution in [3.05, 3.63) is 71.8 Å². The fraction of sp³-hybridized carbons (Fsp3) is 0.0500. The summed E-state index contributed by atoms with van der Waals surface area (Å²) in [6, 6.07) is 14.3. The molecule has 4 aromatic rings. The third-order valence-electron chi connectivity index (χ3n) is 4.03. The molecule has 0 aliphatic carbocycles. The number of carbonyl (C=O) groups excluding carboxylic acids is 1. The zero-order chi connectivity index (χ0) is 20.4. The summed E-state index contributed by atoms with van der Waals surface area (Å²) < 4.78 is 39.1. The number of amides is 1. The van der Waals surface area contributed by atoms with Crippen LogP contribution >= 0.6 is 11.3 Å². The fourth-order valence-corrected chi connectivity index (χ4v) is 3.63. The quantitative estimate of drug-likeness (QED) is 0.442. The molecular formula is C20H13F3N4OS. The first kappa shape index (κ1) is 18.9. The minimum absolute atomic E-state index is 0.275. The molecule has 0 atom stereocenters. The summed E-state index contributed by atoms with van der Waals surface area (Å²) in [4.78, 5) is 16.4. The number of hydrogen-bond acceptors (Lipinski definition) is 4. The van der Waals surface area contributed by atoms with E-state index in [-0.39, 0.29) is 5.56 Å². The van der Waals surface area contributed by atoms with Crippen molar-refractivity contribution in [1.29, 1.82) is 0 Å². The summed E-state index contributed by atoms with van der Waals surface area (Å²) in [5.41, 5.74) is 1.71. The van der Waals surface area contributed by atoms with Gasteiger partial charge in [0.05, 0.1) is 5.56 Å². The summed E-state index contributed by atoms with van der Waals surface area (Å²) in [5.74, 6) is -0.493. The molecule has 1 amide bonds. The van der Waals surface area contributed by atoms with E-state index in [0.29, 0.717) is 10.8 Å². The van der Waals surface area contributed by atoms with Gasteiger partial charge in [-0.05, 0) is 23.8 Å². The van der Waals surface area contributed by atoms with Crippen LogP contribution in [0.5, 0.6) is 0 Å². The molecule has 9 heteroatoms. The minimum Gasteiger partial charge on any atom is -0.298 e. The Morgan fingerprint density at radius 1 is 1.10 bits per heavy atom. The number of halogens is 3. The highest BCUT2D eigenvalue weighted by Crippen LogP contribution is 2.33. The highest BCUT2D eigenvalue weighted by molar-refractivity contribution is 7.22. The van der Waals surface area contributed by atoms with Gasteiger partial charge in [-0.2, -0.15) is 18.3 Å². The van der Waals surface area contributed by atoms with Gasteiger partial charge in [-0.25, -0.2) is 4.98 Å². The van der Waals surface area contributed by atoms with Crippen molar-refractivity contribution in [3.63, 3.8) is 0 Å². The molecule has 0 saturated heterocycles. The average molecular weight is 414 g/mol. The lowest BCUT2D eigenvalue weighted by atomic mass is 10.1. The van der Waals surface area contributed by atoms with Gasteiger partial charge in [0.25, 0.3) is 0 Å². The first-order valence-electron chi connectivity index (χ1n) is 8.47. The van der Waals surface area contributed by atoms with Crippen LogP contribution in [0.1, 0.15) is 11.1 Å². The normalized spacial score (nSPS) is 12.0. The van der Waals surface area contributed by atoms with Gasteiger partial charge in [0.15, 0.2) is 10.8 Å². The van der Waals surface area contributed by atoms with E-state index in [4.69, 9.17) is 0 Å². The Labute approximate surface area is 166 Å². The van der Waals surface area contributed by atoms with Gasteiger partial charge in [0.2, 0.25) is 5.91 Å². The van der Waals surface area contributed by atoms with E-state index < -0.39 is 17.6 Å². The van der Waals surface area contributed by atoms with Crippen molar-refractivity contribution < 1.29 is 18.0 Å². The molecule has 0 bridgehead atoms. The Kier molecular flexibility index (Phi) is 4.89. The number of nitrogens with one attached hydrogen (secondary N) is 2. The molecule has 4 rings (SSSR count). The Balaban J connectivity index is 1.50. The molecule has 29 heavy (non-hydrogen) atoms. The van der Waals surface area contributed by atoms with E-state index in [0.717, 1.165) is 28.1 Å². The highest BCUT2D eigenvalue weighted by Gasteiger charge is 2.30. The van der Waals surface area contributed by atoms with Crippen LogP contribution in [-0.2, 0) is 11.0 Å². The molecule has 2 N–H and O–H groups in total. The standard InChI is InChI=1S/C20H13F3N4OS/c21-20(22,23)14-8-4-5-12(11-14)9-10-15(28)24-19-25-18-17(29-19)16(26-27-18)13-6-2-1-3-7-13/h1-11H,(H2,24,25,26,27,28)/b10-9+. The minimum atomic E-state index is -4.43. The lowest BCUT2D eigenvalue weighted by molar-refractivity contribution is -0.137. The Morgan fingerprint density at radius 2 is 1.90 bits per heavy atom. The van der Waals surface area contributed by atoms with Gasteiger partial charge in [-0.15, -0.1) is 0 Å². The molecule has 2 aromatic heterocycles. The SMILES string of the molecule is O=C(/C=C/c1cccc(C(F)(F)F)c1)Nc1nc2[nH]nc(-c3ccccc3)c2s1. The van der Waals surface area contributed by atoms with Gasteiger partial charge in [0, 0.05) is 11.6 Å². The number of thiazole rings is 1. The molecule has 146 valence electrons. The number of hydrogen-bond donors (Lipinski definition) is 2. The van der Waals surface area contributed by atoms with Crippen molar-refractivity contribution in [1.82, 2.24) is 15.2 Å². The van der Waals surface area contributed by atoms with Gasteiger partial charge in [0.1, 0.15) is 10.4 Å². The first-order valence-corrected chi connectivity index (χ1v) is 9.28. The van der Waals surface area contributed by atoms with E-state index in [1.807, 2.05) is 30.3 Å². The number of fused-ring (bicyclic) bond motifs is 1. The number of rotatable bonds is 4. The number of benzene rings is 2. The number of carbonyl (C=O) groups is 1. The van der Waals surface area contributed by atoms with Crippen LogP contribution in [-0.4, -0.2) is 21.1 Å². The van der Waals surface area contributed by atoms with Gasteiger partial charge < -0.3 is 0 Å². The van der Waals surface area contributed by atoms with Gasteiger partial charge >= 0.3 is 6.18 Å². The first-order chi connectivity index (χ1) is 13.9. The maximum Gasteiger partial charge on any atom is 0.416 e. The van der Waals surface area contributed by atoms with Crippen LogP contribution in [0.25, 0.3) is 27.7 Å². The number of alkyl halides is 3. The van der Waals surface area contributed by atoms with E-state index in [9.17, 15) is 18.0 Å². The van der Waals surface area contributed by atoms with Gasteiger partial charge in [-0.3, -0.25) is 15.2 Å². The average Bonchev–Trinajstić information content (AvgIpc) is 3.27. The van der Waals surface area contributed by atoms with E-state index in [1.165, 1.54) is 35.6 Å². The predicted molar refractivity (Wildman–Crippen MR) is 106 cm³/mol. The number of H-pyrrole nitrogens is 1. The van der Waals surface area contributed by atoms with Crippen LogP contribution in [0.4, 0.5) is 18.3 Å². The Hall–Kier alpha value is -3.46. The third kappa shape index (κ3) is 4.19. The largest absolute Gasteiger partial charge is 0.416 e. The summed E-state index contributed by atoms with van der Waals surface area (Å²) in [5, 5.41) is 10.1. The zero-order valence-electron chi connectivity index (χ0n) is 14.7. The van der Waals surface area contributed by atoms with Crippen LogP contribution < -0.4 is 5.32 Å². The van der Waals surface area contributed by atoms with Crippen molar-refractivity contribution in [2.45, 2.75) is 6.18 Å². The smallest absolute Gasteiger partial charge is 0.298 e. The number of nitrogens with zero attached hydrogens (tertiary/aromatic N) is 2. The lowest BCUT2D eigenvalue weighted by Crippen LogP contribution is -2.07. The molecule has 0 aliphatic rings. The van der Waals surface area contributed by atoms with Gasteiger partial charge in [-0.1, -0.05) is 53.8 Å². The second-order valence-electron chi connectivity index (χ2n) is 6.08.